The van der Waals surface area contributed by atoms with Gasteiger partial charge in [0.2, 0.25) is 0 Å². The van der Waals surface area contributed by atoms with Crippen LogP contribution in [-0.2, 0) is 0 Å². The van der Waals surface area contributed by atoms with Gasteiger partial charge in [-0.2, -0.15) is 0 Å². The maximum absolute atomic E-state index is 6.09. The van der Waals surface area contributed by atoms with E-state index in [9.17, 15) is 0 Å². The Morgan fingerprint density at radius 3 is 2.24 bits per heavy atom. The molecule has 112 valence electrons. The van der Waals surface area contributed by atoms with Crippen LogP contribution >= 0.6 is 23.2 Å². The summed E-state index contributed by atoms with van der Waals surface area (Å²) in [5, 5.41) is 4.48. The summed E-state index contributed by atoms with van der Waals surface area (Å²) < 4.78 is 5.69. The lowest BCUT2D eigenvalue weighted by Crippen LogP contribution is -2.18. The maximum Gasteiger partial charge on any atom is 0.138 e. The van der Waals surface area contributed by atoms with Crippen molar-refractivity contribution >= 4 is 23.2 Å². The van der Waals surface area contributed by atoms with Gasteiger partial charge in [0.15, 0.2) is 0 Å². The lowest BCUT2D eigenvalue weighted by molar-refractivity contribution is 0.241. The molecule has 0 radical (unpaired) electrons. The molecule has 2 rings (SSSR count). The highest BCUT2D eigenvalue weighted by Gasteiger charge is 2.15. The average molecular weight is 325 g/mol. The molecule has 0 saturated carbocycles. The minimum Gasteiger partial charge on any atom is -0.489 e. The van der Waals surface area contributed by atoms with Gasteiger partial charge in [0.25, 0.3) is 0 Å². The Balaban J connectivity index is 2.36. The highest BCUT2D eigenvalue weighted by Crippen LogP contribution is 2.28. The number of halogens is 2. The van der Waals surface area contributed by atoms with Crippen molar-refractivity contribution in [2.75, 3.05) is 7.05 Å². The second-order valence-electron chi connectivity index (χ2n) is 5.05. The number of benzene rings is 1. The van der Waals surface area contributed by atoms with Crippen LogP contribution in [0.15, 0.2) is 36.7 Å². The minimum atomic E-state index is -0.0515. The molecule has 1 heterocycles. The molecule has 1 atom stereocenters. The molecule has 0 fully saturated rings. The molecule has 1 aromatic carbocycles. The molecule has 5 heteroatoms. The van der Waals surface area contributed by atoms with Gasteiger partial charge in [0.1, 0.15) is 5.75 Å². The second kappa shape index (κ2) is 7.12. The summed E-state index contributed by atoms with van der Waals surface area (Å²) in [6.45, 7) is 3.97. The monoisotopic (exact) mass is 324 g/mol. The largest absolute Gasteiger partial charge is 0.489 e. The van der Waals surface area contributed by atoms with Gasteiger partial charge in [0.05, 0.1) is 18.3 Å². The number of nitrogens with zero attached hydrogens (tertiary/aromatic N) is 1. The quantitative estimate of drug-likeness (QED) is 0.880. The highest BCUT2D eigenvalue weighted by atomic mass is 35.5. The van der Waals surface area contributed by atoms with Crippen LogP contribution < -0.4 is 10.1 Å². The number of pyridine rings is 1. The van der Waals surface area contributed by atoms with Crippen molar-refractivity contribution in [2.24, 2.45) is 0 Å². The van der Waals surface area contributed by atoms with Crippen LogP contribution in [0.2, 0.25) is 10.0 Å². The molecule has 1 unspecified atom stereocenters. The fourth-order valence-electron chi connectivity index (χ4n) is 2.20. The van der Waals surface area contributed by atoms with Crippen LogP contribution in [0.1, 0.15) is 31.0 Å². The molecule has 1 aromatic heterocycles. The van der Waals surface area contributed by atoms with Crippen LogP contribution in [-0.4, -0.2) is 18.1 Å². The Hall–Kier alpha value is -1.29. The zero-order valence-electron chi connectivity index (χ0n) is 12.2. The fourth-order valence-corrected chi connectivity index (χ4v) is 2.74. The molecule has 3 nitrogen and oxygen atoms in total. The van der Waals surface area contributed by atoms with Crippen molar-refractivity contribution < 1.29 is 4.74 Å². The zero-order chi connectivity index (χ0) is 15.4. The predicted octanol–water partition coefficient (Wildman–Crippen LogP) is 4.48. The van der Waals surface area contributed by atoms with Crippen molar-refractivity contribution in [3.8, 4) is 5.75 Å². The van der Waals surface area contributed by atoms with Crippen LogP contribution in [0, 0.1) is 0 Å². The third-order valence-electron chi connectivity index (χ3n) is 2.95. The fraction of sp³-hybridized carbons (Fsp3) is 0.312. The summed E-state index contributed by atoms with van der Waals surface area (Å²) >= 11 is 12.2. The van der Waals surface area contributed by atoms with Gasteiger partial charge in [-0.15, -0.1) is 0 Å². The molecular weight excluding hydrogens is 307 g/mol. The van der Waals surface area contributed by atoms with Crippen LogP contribution in [0.3, 0.4) is 0 Å². The molecule has 0 aliphatic heterocycles. The average Bonchev–Trinajstić information content (AvgIpc) is 2.38. The van der Waals surface area contributed by atoms with Crippen LogP contribution in [0.25, 0.3) is 0 Å². The van der Waals surface area contributed by atoms with Crippen molar-refractivity contribution in [1.82, 2.24) is 10.3 Å². The molecular formula is C16H18Cl2N2O. The summed E-state index contributed by atoms with van der Waals surface area (Å²) in [6.07, 6.45) is 3.63. The van der Waals surface area contributed by atoms with E-state index in [0.29, 0.717) is 10.0 Å². The lowest BCUT2D eigenvalue weighted by atomic mass is 10.0. The summed E-state index contributed by atoms with van der Waals surface area (Å²) in [7, 11) is 1.88. The molecule has 0 saturated heterocycles. The van der Waals surface area contributed by atoms with E-state index in [1.54, 1.807) is 12.3 Å². The van der Waals surface area contributed by atoms with Crippen LogP contribution in [0.4, 0.5) is 0 Å². The number of aromatic nitrogens is 1. The predicted molar refractivity (Wildman–Crippen MR) is 87.4 cm³/mol. The van der Waals surface area contributed by atoms with Crippen molar-refractivity contribution in [2.45, 2.75) is 26.0 Å². The normalized spacial score (nSPS) is 12.5. The molecule has 0 bridgehead atoms. The third kappa shape index (κ3) is 4.34. The molecule has 1 N–H and O–H groups in total. The van der Waals surface area contributed by atoms with Gasteiger partial charge >= 0.3 is 0 Å². The zero-order valence-corrected chi connectivity index (χ0v) is 13.7. The summed E-state index contributed by atoms with van der Waals surface area (Å²) in [5.41, 5.74) is 1.98. The van der Waals surface area contributed by atoms with Gasteiger partial charge in [-0.05, 0) is 56.3 Å². The Labute approximate surface area is 135 Å². The number of nitrogens with one attached hydrogen (secondary N) is 1. The topological polar surface area (TPSA) is 34.2 Å². The number of ether oxygens (including phenoxy) is 1. The van der Waals surface area contributed by atoms with Crippen molar-refractivity contribution in [1.29, 1.82) is 0 Å². The van der Waals surface area contributed by atoms with E-state index in [-0.39, 0.29) is 12.1 Å². The first-order chi connectivity index (χ1) is 9.99. The highest BCUT2D eigenvalue weighted by molar-refractivity contribution is 6.34. The Bertz CT molecular complexity index is 597. The third-order valence-corrected chi connectivity index (χ3v) is 3.38. The molecule has 2 aromatic rings. The van der Waals surface area contributed by atoms with Gasteiger partial charge in [0, 0.05) is 16.2 Å². The Morgan fingerprint density at radius 1 is 1.00 bits per heavy atom. The first kappa shape index (κ1) is 16.1. The molecule has 0 spiro atoms. The van der Waals surface area contributed by atoms with E-state index in [2.05, 4.69) is 10.3 Å². The van der Waals surface area contributed by atoms with E-state index in [4.69, 9.17) is 27.9 Å². The van der Waals surface area contributed by atoms with Crippen LogP contribution in [0.5, 0.6) is 5.75 Å². The van der Waals surface area contributed by atoms with Gasteiger partial charge < -0.3 is 10.1 Å². The minimum absolute atomic E-state index is 0.0515. The Morgan fingerprint density at radius 2 is 1.67 bits per heavy atom. The first-order valence-corrected chi connectivity index (χ1v) is 7.50. The van der Waals surface area contributed by atoms with E-state index in [1.165, 1.54) is 0 Å². The van der Waals surface area contributed by atoms with Gasteiger partial charge in [-0.3, -0.25) is 4.98 Å². The number of rotatable bonds is 5. The standard InChI is InChI=1S/C16H18Cl2N2O/c1-10(2)21-15-6-12(8-20-9-15)16(19-3)11-4-13(17)7-14(18)5-11/h4-10,16,19H,1-3H3. The van der Waals surface area contributed by atoms with Gasteiger partial charge in [-0.1, -0.05) is 23.2 Å². The first-order valence-electron chi connectivity index (χ1n) is 6.74. The van der Waals surface area contributed by atoms with E-state index in [0.717, 1.165) is 16.9 Å². The second-order valence-corrected chi connectivity index (χ2v) is 5.92. The van der Waals surface area contributed by atoms with E-state index in [1.807, 2.05) is 45.3 Å². The van der Waals surface area contributed by atoms with E-state index < -0.39 is 0 Å². The molecule has 21 heavy (non-hydrogen) atoms. The molecule has 0 amide bonds. The molecule has 0 aliphatic rings. The van der Waals surface area contributed by atoms with Crippen molar-refractivity contribution in [3.05, 3.63) is 57.8 Å². The molecule has 0 aliphatic carbocycles. The smallest absolute Gasteiger partial charge is 0.138 e. The number of hydrogen-bond acceptors (Lipinski definition) is 3. The van der Waals surface area contributed by atoms with Crippen molar-refractivity contribution in [3.63, 3.8) is 0 Å². The lowest BCUT2D eigenvalue weighted by Gasteiger charge is -2.19. The summed E-state index contributed by atoms with van der Waals surface area (Å²) in [5.74, 6) is 0.746. The maximum atomic E-state index is 6.09. The summed E-state index contributed by atoms with van der Waals surface area (Å²) in [6, 6.07) is 7.43. The van der Waals surface area contributed by atoms with E-state index >= 15 is 0 Å². The number of hydrogen-bond donors (Lipinski definition) is 1. The SMILES string of the molecule is CNC(c1cc(Cl)cc(Cl)c1)c1cncc(OC(C)C)c1. The summed E-state index contributed by atoms with van der Waals surface area (Å²) in [4.78, 5) is 4.25. The van der Waals surface area contributed by atoms with Gasteiger partial charge in [-0.25, -0.2) is 0 Å². The Kier molecular flexibility index (Phi) is 5.45.